The van der Waals surface area contributed by atoms with E-state index in [2.05, 4.69) is 4.98 Å². The lowest BCUT2D eigenvalue weighted by atomic mass is 10.1. The normalized spacial score (nSPS) is 10.6. The lowest BCUT2D eigenvalue weighted by Gasteiger charge is -1.99. The summed E-state index contributed by atoms with van der Waals surface area (Å²) in [5.74, 6) is 0.575. The summed E-state index contributed by atoms with van der Waals surface area (Å²) in [5.41, 5.74) is 7.33. The predicted octanol–water partition coefficient (Wildman–Crippen LogP) is 2.49. The van der Waals surface area contributed by atoms with Crippen LogP contribution < -0.4 is 5.73 Å². The molecule has 0 aliphatic heterocycles. The van der Waals surface area contributed by atoms with Crippen LogP contribution in [0.15, 0.2) is 28.7 Å². The first-order chi connectivity index (χ1) is 7.65. The molecule has 1 heterocycles. The number of aryl methyl sites for hydroxylation is 3. The zero-order chi connectivity index (χ0) is 11.5. The molecule has 0 amide bonds. The maximum absolute atomic E-state index is 12.7. The molecule has 0 bridgehead atoms. The maximum Gasteiger partial charge on any atom is 0.292 e. The predicted molar refractivity (Wildman–Crippen MR) is 59.5 cm³/mol. The maximum atomic E-state index is 12.7. The topological polar surface area (TPSA) is 52.0 Å². The standard InChI is InChI=1S/C12H13FN2O/c1-8-11(16-12(14)15-8)7-4-9-2-5-10(13)6-3-9/h2-3,5-6H,4,7H2,1H3,(H2,14,15). The fourth-order valence-electron chi connectivity index (χ4n) is 1.59. The van der Waals surface area contributed by atoms with Crippen LogP contribution in [-0.2, 0) is 12.8 Å². The largest absolute Gasteiger partial charge is 0.429 e. The molecule has 0 spiro atoms. The van der Waals surface area contributed by atoms with Crippen LogP contribution in [0.1, 0.15) is 17.0 Å². The van der Waals surface area contributed by atoms with Crippen molar-refractivity contribution in [2.75, 3.05) is 5.73 Å². The van der Waals surface area contributed by atoms with Crippen LogP contribution in [-0.4, -0.2) is 4.98 Å². The molecule has 2 aromatic rings. The SMILES string of the molecule is Cc1nc(N)oc1CCc1ccc(F)cc1. The summed E-state index contributed by atoms with van der Waals surface area (Å²) in [7, 11) is 0. The number of hydrogen-bond donors (Lipinski definition) is 1. The van der Waals surface area contributed by atoms with E-state index in [9.17, 15) is 4.39 Å². The van der Waals surface area contributed by atoms with E-state index in [1.165, 1.54) is 12.1 Å². The Morgan fingerprint density at radius 2 is 1.94 bits per heavy atom. The third-order valence-corrected chi connectivity index (χ3v) is 2.46. The molecule has 0 aliphatic carbocycles. The highest BCUT2D eigenvalue weighted by Crippen LogP contribution is 2.14. The van der Waals surface area contributed by atoms with Gasteiger partial charge in [-0.1, -0.05) is 12.1 Å². The second kappa shape index (κ2) is 4.35. The fraction of sp³-hybridized carbons (Fsp3) is 0.250. The minimum atomic E-state index is -0.219. The highest BCUT2D eigenvalue weighted by Gasteiger charge is 2.07. The van der Waals surface area contributed by atoms with Crippen molar-refractivity contribution in [2.45, 2.75) is 19.8 Å². The average molecular weight is 220 g/mol. The molecular formula is C12H13FN2O. The number of anilines is 1. The number of benzene rings is 1. The summed E-state index contributed by atoms with van der Waals surface area (Å²) < 4.78 is 17.9. The number of oxazole rings is 1. The molecule has 0 aliphatic rings. The lowest BCUT2D eigenvalue weighted by Crippen LogP contribution is -1.92. The number of hydrogen-bond acceptors (Lipinski definition) is 3. The van der Waals surface area contributed by atoms with Gasteiger partial charge in [-0.15, -0.1) is 0 Å². The van der Waals surface area contributed by atoms with E-state index < -0.39 is 0 Å². The third-order valence-electron chi connectivity index (χ3n) is 2.46. The Balaban J connectivity index is 2.02. The van der Waals surface area contributed by atoms with Gasteiger partial charge in [0.2, 0.25) is 0 Å². The van der Waals surface area contributed by atoms with E-state index in [1.54, 1.807) is 12.1 Å². The molecule has 0 fully saturated rings. The molecule has 3 nitrogen and oxygen atoms in total. The Morgan fingerprint density at radius 3 is 2.50 bits per heavy atom. The highest BCUT2D eigenvalue weighted by molar-refractivity contribution is 5.21. The van der Waals surface area contributed by atoms with Gasteiger partial charge >= 0.3 is 0 Å². The zero-order valence-corrected chi connectivity index (χ0v) is 9.03. The molecule has 2 N–H and O–H groups in total. The highest BCUT2D eigenvalue weighted by atomic mass is 19.1. The van der Waals surface area contributed by atoms with Crippen molar-refractivity contribution in [3.8, 4) is 0 Å². The van der Waals surface area contributed by atoms with Crippen molar-refractivity contribution in [2.24, 2.45) is 0 Å². The fourth-order valence-corrected chi connectivity index (χ4v) is 1.59. The number of nitrogen functional groups attached to an aromatic ring is 1. The zero-order valence-electron chi connectivity index (χ0n) is 9.03. The van der Waals surface area contributed by atoms with Gasteiger partial charge < -0.3 is 10.2 Å². The summed E-state index contributed by atoms with van der Waals surface area (Å²) in [4.78, 5) is 3.99. The Morgan fingerprint density at radius 1 is 1.25 bits per heavy atom. The van der Waals surface area contributed by atoms with Gasteiger partial charge in [-0.25, -0.2) is 4.39 Å². The monoisotopic (exact) mass is 220 g/mol. The lowest BCUT2D eigenvalue weighted by molar-refractivity contribution is 0.519. The van der Waals surface area contributed by atoms with E-state index in [0.717, 1.165) is 29.9 Å². The van der Waals surface area contributed by atoms with E-state index in [-0.39, 0.29) is 11.8 Å². The summed E-state index contributed by atoms with van der Waals surface area (Å²) in [6, 6.07) is 6.65. The van der Waals surface area contributed by atoms with Crippen molar-refractivity contribution < 1.29 is 8.81 Å². The van der Waals surface area contributed by atoms with Crippen LogP contribution in [0.3, 0.4) is 0 Å². The number of nitrogens with two attached hydrogens (primary N) is 1. The van der Waals surface area contributed by atoms with Crippen molar-refractivity contribution in [1.29, 1.82) is 0 Å². The number of aromatic nitrogens is 1. The van der Waals surface area contributed by atoms with Gasteiger partial charge in [0.25, 0.3) is 6.01 Å². The molecular weight excluding hydrogens is 207 g/mol. The first-order valence-electron chi connectivity index (χ1n) is 5.11. The molecule has 0 radical (unpaired) electrons. The molecule has 16 heavy (non-hydrogen) atoms. The van der Waals surface area contributed by atoms with Crippen molar-refractivity contribution in [1.82, 2.24) is 4.98 Å². The molecule has 2 rings (SSSR count). The summed E-state index contributed by atoms with van der Waals surface area (Å²) in [5, 5.41) is 0. The Hall–Kier alpha value is -1.84. The molecule has 0 saturated carbocycles. The Labute approximate surface area is 93.1 Å². The van der Waals surface area contributed by atoms with Crippen molar-refractivity contribution in [3.63, 3.8) is 0 Å². The van der Waals surface area contributed by atoms with Gasteiger partial charge in [-0.2, -0.15) is 4.98 Å². The number of rotatable bonds is 3. The van der Waals surface area contributed by atoms with Gasteiger partial charge in [0.1, 0.15) is 11.6 Å². The van der Waals surface area contributed by atoms with Crippen molar-refractivity contribution in [3.05, 3.63) is 47.1 Å². The van der Waals surface area contributed by atoms with Crippen molar-refractivity contribution >= 4 is 6.01 Å². The summed E-state index contributed by atoms with van der Waals surface area (Å²) >= 11 is 0. The minimum Gasteiger partial charge on any atom is -0.429 e. The van der Waals surface area contributed by atoms with Gasteiger partial charge in [-0.05, 0) is 31.0 Å². The summed E-state index contributed by atoms with van der Waals surface area (Å²) in [6.07, 6.45) is 1.51. The van der Waals surface area contributed by atoms with E-state index in [4.69, 9.17) is 10.2 Å². The molecule has 84 valence electrons. The summed E-state index contributed by atoms with van der Waals surface area (Å²) in [6.45, 7) is 1.86. The smallest absolute Gasteiger partial charge is 0.292 e. The minimum absolute atomic E-state index is 0.201. The van der Waals surface area contributed by atoms with E-state index in [0.29, 0.717) is 0 Å². The first kappa shape index (κ1) is 10.7. The molecule has 4 heteroatoms. The van der Waals surface area contributed by atoms with Gasteiger partial charge in [0.15, 0.2) is 0 Å². The molecule has 0 atom stereocenters. The second-order valence-corrected chi connectivity index (χ2v) is 3.69. The Kier molecular flexibility index (Phi) is 2.90. The average Bonchev–Trinajstić information content (AvgIpc) is 2.57. The van der Waals surface area contributed by atoms with Crippen LogP contribution in [0, 0.1) is 12.7 Å². The van der Waals surface area contributed by atoms with Crippen LogP contribution in [0.5, 0.6) is 0 Å². The van der Waals surface area contributed by atoms with E-state index in [1.807, 2.05) is 6.92 Å². The third kappa shape index (κ3) is 2.39. The first-order valence-corrected chi connectivity index (χ1v) is 5.11. The van der Waals surface area contributed by atoms with Gasteiger partial charge in [0.05, 0.1) is 5.69 Å². The van der Waals surface area contributed by atoms with Crippen LogP contribution in [0.25, 0.3) is 0 Å². The van der Waals surface area contributed by atoms with E-state index >= 15 is 0 Å². The van der Waals surface area contributed by atoms with Crippen LogP contribution in [0.2, 0.25) is 0 Å². The molecule has 0 saturated heterocycles. The second-order valence-electron chi connectivity index (χ2n) is 3.69. The van der Waals surface area contributed by atoms with Crippen LogP contribution in [0.4, 0.5) is 10.4 Å². The molecule has 1 aromatic carbocycles. The van der Waals surface area contributed by atoms with Gasteiger partial charge in [-0.3, -0.25) is 0 Å². The van der Waals surface area contributed by atoms with Gasteiger partial charge in [0, 0.05) is 6.42 Å². The molecule has 0 unspecified atom stereocenters. The van der Waals surface area contributed by atoms with Crippen LogP contribution >= 0.6 is 0 Å². The quantitative estimate of drug-likeness (QED) is 0.864. The Bertz CT molecular complexity index is 476. The molecule has 1 aromatic heterocycles. The number of halogens is 1. The number of nitrogens with zero attached hydrogens (tertiary/aromatic N) is 1.